The van der Waals surface area contributed by atoms with Crippen molar-refractivity contribution in [2.45, 2.75) is 39.5 Å². The van der Waals surface area contributed by atoms with Crippen molar-refractivity contribution >= 4 is 33.8 Å². The summed E-state index contributed by atoms with van der Waals surface area (Å²) >= 11 is 1.52. The van der Waals surface area contributed by atoms with Gasteiger partial charge in [0.15, 0.2) is 0 Å². The zero-order valence-electron chi connectivity index (χ0n) is 17.4. The van der Waals surface area contributed by atoms with Crippen molar-refractivity contribution in [3.63, 3.8) is 0 Å². The van der Waals surface area contributed by atoms with Gasteiger partial charge in [-0.05, 0) is 48.2 Å². The van der Waals surface area contributed by atoms with Gasteiger partial charge in [0.2, 0.25) is 11.0 Å². The number of benzene rings is 2. The van der Waals surface area contributed by atoms with E-state index in [1.54, 1.807) is 6.20 Å². The lowest BCUT2D eigenvalue weighted by molar-refractivity contribution is -0.114. The molecule has 2 aromatic carbocycles. The first kappa shape index (κ1) is 21.2. The Morgan fingerprint density at radius 3 is 2.52 bits per heavy atom. The topological polar surface area (TPSA) is 98.1 Å². The molecule has 0 unspecified atom stereocenters. The molecule has 1 atom stereocenters. The van der Waals surface area contributed by atoms with Gasteiger partial charge in [-0.15, -0.1) is 11.3 Å². The molecule has 31 heavy (non-hydrogen) atoms. The van der Waals surface area contributed by atoms with Gasteiger partial charge in [-0.2, -0.15) is 5.10 Å². The maximum absolute atomic E-state index is 11.4. The summed E-state index contributed by atoms with van der Waals surface area (Å²) in [6.07, 6.45) is 2.47. The Morgan fingerprint density at radius 2 is 1.90 bits per heavy atom. The number of thiazole rings is 1. The molecule has 0 fully saturated rings. The summed E-state index contributed by atoms with van der Waals surface area (Å²) in [5.74, 6) is -0.127. The number of carbonyl (C=O) groups is 1. The number of rotatable bonds is 5. The molecule has 0 saturated carbocycles. The number of nitrogens with one attached hydrogen (secondary N) is 1. The highest BCUT2D eigenvalue weighted by molar-refractivity contribution is 7.13. The van der Waals surface area contributed by atoms with Gasteiger partial charge in [-0.25, -0.2) is 9.99 Å². The van der Waals surface area contributed by atoms with Crippen LogP contribution in [-0.4, -0.2) is 32.9 Å². The van der Waals surface area contributed by atoms with Crippen molar-refractivity contribution in [2.24, 2.45) is 5.10 Å². The highest BCUT2D eigenvalue weighted by atomic mass is 32.1. The van der Waals surface area contributed by atoms with Crippen LogP contribution in [0.5, 0.6) is 0 Å². The Bertz CT molecular complexity index is 1110. The van der Waals surface area contributed by atoms with Gasteiger partial charge in [-0.1, -0.05) is 18.2 Å². The second-order valence-electron chi connectivity index (χ2n) is 7.51. The molecule has 7 nitrogen and oxygen atoms in total. The molecule has 0 aliphatic carbocycles. The van der Waals surface area contributed by atoms with E-state index in [-0.39, 0.29) is 25.2 Å². The van der Waals surface area contributed by atoms with Crippen molar-refractivity contribution in [3.05, 3.63) is 75.8 Å². The molecule has 0 saturated heterocycles. The second-order valence-corrected chi connectivity index (χ2v) is 8.39. The van der Waals surface area contributed by atoms with Crippen LogP contribution in [0.3, 0.4) is 0 Å². The quantitative estimate of drug-likeness (QED) is 0.570. The van der Waals surface area contributed by atoms with Crippen molar-refractivity contribution in [1.29, 1.82) is 0 Å². The first-order chi connectivity index (χ1) is 15.0. The second kappa shape index (κ2) is 8.97. The lowest BCUT2D eigenvalue weighted by atomic mass is 9.90. The molecule has 0 bridgehead atoms. The number of nitrogens with zero attached hydrogens (tertiary/aromatic N) is 3. The van der Waals surface area contributed by atoms with Crippen molar-refractivity contribution < 1.29 is 15.0 Å². The van der Waals surface area contributed by atoms with Crippen molar-refractivity contribution in [1.82, 2.24) is 4.98 Å². The van der Waals surface area contributed by atoms with E-state index < -0.39 is 0 Å². The number of hydrogen-bond acceptors (Lipinski definition) is 7. The zero-order valence-corrected chi connectivity index (χ0v) is 18.2. The number of hydrogen-bond donors (Lipinski definition) is 3. The summed E-state index contributed by atoms with van der Waals surface area (Å²) in [6, 6.07) is 11.5. The highest BCUT2D eigenvalue weighted by Gasteiger charge is 2.26. The molecule has 3 aromatic rings. The van der Waals surface area contributed by atoms with E-state index in [2.05, 4.69) is 17.2 Å². The summed E-state index contributed by atoms with van der Waals surface area (Å²) < 4.78 is 0. The number of aliphatic hydroxyl groups is 2. The third-order valence-electron chi connectivity index (χ3n) is 5.26. The van der Waals surface area contributed by atoms with Gasteiger partial charge in [-0.3, -0.25) is 4.79 Å². The molecule has 0 radical (unpaired) electrons. The molecule has 8 heteroatoms. The van der Waals surface area contributed by atoms with E-state index in [1.165, 1.54) is 18.3 Å². The van der Waals surface area contributed by atoms with Crippen LogP contribution in [0.2, 0.25) is 0 Å². The summed E-state index contributed by atoms with van der Waals surface area (Å²) in [5.41, 5.74) is 5.71. The predicted octanol–water partition coefficient (Wildman–Crippen LogP) is 3.29. The molecule has 0 spiro atoms. The van der Waals surface area contributed by atoms with Crippen LogP contribution < -0.4 is 10.3 Å². The minimum Gasteiger partial charge on any atom is -0.392 e. The normalized spacial score (nSPS) is 15.8. The van der Waals surface area contributed by atoms with Crippen LogP contribution in [0.1, 0.15) is 41.7 Å². The maximum Gasteiger partial charge on any atom is 0.221 e. The van der Waals surface area contributed by atoms with Crippen LogP contribution in [-0.2, 0) is 24.4 Å². The first-order valence-corrected chi connectivity index (χ1v) is 10.9. The number of anilines is 2. The van der Waals surface area contributed by atoms with Gasteiger partial charge < -0.3 is 15.5 Å². The Hall–Kier alpha value is -3.07. The van der Waals surface area contributed by atoms with Gasteiger partial charge in [0, 0.05) is 35.3 Å². The monoisotopic (exact) mass is 436 g/mol. The SMILES string of the molecule is CC(=O)Nc1ccc(C2=NN(c3nccs3)[C@H](C)Cc3cc(CO)c(CO)cc32)cc1. The third kappa shape index (κ3) is 4.36. The molecule has 3 N–H and O–H groups in total. The number of carbonyl (C=O) groups excluding carboxylic acids is 1. The van der Waals surface area contributed by atoms with E-state index in [0.717, 1.165) is 33.1 Å². The van der Waals surface area contributed by atoms with Gasteiger partial charge in [0.25, 0.3) is 0 Å². The smallest absolute Gasteiger partial charge is 0.221 e. The van der Waals surface area contributed by atoms with Gasteiger partial charge in [0.05, 0.1) is 25.0 Å². The minimum absolute atomic E-state index is 0.0487. The fourth-order valence-corrected chi connectivity index (χ4v) is 4.47. The summed E-state index contributed by atoms with van der Waals surface area (Å²) in [5, 5.41) is 32.1. The number of hydrazone groups is 1. The maximum atomic E-state index is 11.4. The number of amides is 1. The fourth-order valence-electron chi connectivity index (χ4n) is 3.78. The summed E-state index contributed by atoms with van der Waals surface area (Å²) in [4.78, 5) is 15.8. The molecule has 4 rings (SSSR count). The van der Waals surface area contributed by atoms with E-state index in [1.807, 2.05) is 46.8 Å². The van der Waals surface area contributed by atoms with Crippen LogP contribution in [0, 0.1) is 0 Å². The van der Waals surface area contributed by atoms with Crippen LogP contribution in [0.4, 0.5) is 10.8 Å². The standard InChI is InChI=1S/C23H24N4O3S/c1-14-9-17-10-18(12-28)19(13-29)11-21(17)22(26-27(14)23-24-7-8-31-23)16-3-5-20(6-4-16)25-15(2)30/h3-8,10-11,14,28-29H,9,12-13H2,1-2H3,(H,25,30)/t14-/m1/s1. The van der Waals surface area contributed by atoms with E-state index >= 15 is 0 Å². The van der Waals surface area contributed by atoms with E-state index in [4.69, 9.17) is 5.10 Å². The minimum atomic E-state index is -0.163. The average Bonchev–Trinajstić information content (AvgIpc) is 3.24. The van der Waals surface area contributed by atoms with E-state index in [0.29, 0.717) is 17.7 Å². The fraction of sp³-hybridized carbons (Fsp3) is 0.261. The Kier molecular flexibility index (Phi) is 6.13. The Morgan fingerprint density at radius 1 is 1.19 bits per heavy atom. The van der Waals surface area contributed by atoms with Crippen molar-refractivity contribution in [3.8, 4) is 0 Å². The van der Waals surface area contributed by atoms with Gasteiger partial charge in [0.1, 0.15) is 0 Å². The summed E-state index contributed by atoms with van der Waals surface area (Å²) in [7, 11) is 0. The summed E-state index contributed by atoms with van der Waals surface area (Å²) in [6.45, 7) is 3.27. The van der Waals surface area contributed by atoms with Crippen molar-refractivity contribution in [2.75, 3.05) is 10.3 Å². The van der Waals surface area contributed by atoms with Crippen LogP contribution in [0.25, 0.3) is 0 Å². The van der Waals surface area contributed by atoms with Gasteiger partial charge >= 0.3 is 0 Å². The molecule has 160 valence electrons. The van der Waals surface area contributed by atoms with Crippen LogP contribution in [0.15, 0.2) is 53.1 Å². The first-order valence-electron chi connectivity index (χ1n) is 10.0. The Balaban J connectivity index is 1.87. The van der Waals surface area contributed by atoms with Crippen LogP contribution >= 0.6 is 11.3 Å². The largest absolute Gasteiger partial charge is 0.392 e. The number of aliphatic hydroxyl groups excluding tert-OH is 2. The average molecular weight is 437 g/mol. The van der Waals surface area contributed by atoms with E-state index in [9.17, 15) is 15.0 Å². The highest BCUT2D eigenvalue weighted by Crippen LogP contribution is 2.31. The molecular weight excluding hydrogens is 412 g/mol. The third-order valence-corrected chi connectivity index (χ3v) is 6.02. The molecule has 1 amide bonds. The molecular formula is C23H24N4O3S. The lowest BCUT2D eigenvalue weighted by Gasteiger charge is -2.22. The number of aromatic nitrogens is 1. The molecule has 2 heterocycles. The zero-order chi connectivity index (χ0) is 22.0. The molecule has 1 aromatic heterocycles. The number of fused-ring (bicyclic) bond motifs is 1. The lowest BCUT2D eigenvalue weighted by Crippen LogP contribution is -2.29. The molecule has 1 aliphatic heterocycles. The molecule has 1 aliphatic rings. The Labute approximate surface area is 184 Å². The predicted molar refractivity (Wildman–Crippen MR) is 122 cm³/mol.